The quantitative estimate of drug-likeness (QED) is 0.344. The highest BCUT2D eigenvalue weighted by molar-refractivity contribution is 7.15. The van der Waals surface area contributed by atoms with Gasteiger partial charge in [0.1, 0.15) is 0 Å². The summed E-state index contributed by atoms with van der Waals surface area (Å²) in [4.78, 5) is 30.3. The van der Waals surface area contributed by atoms with Gasteiger partial charge in [0.05, 0.1) is 28.3 Å². The van der Waals surface area contributed by atoms with Gasteiger partial charge in [-0.15, -0.1) is 22.7 Å². The second-order valence-corrected chi connectivity index (χ2v) is 11.4. The Balaban J connectivity index is 1.11. The Morgan fingerprint density at radius 3 is 2.72 bits per heavy atom. The van der Waals surface area contributed by atoms with E-state index in [0.29, 0.717) is 12.6 Å². The lowest BCUT2D eigenvalue weighted by Gasteiger charge is -2.32. The lowest BCUT2D eigenvalue weighted by Crippen LogP contribution is -2.40. The molecule has 0 amide bonds. The summed E-state index contributed by atoms with van der Waals surface area (Å²) in [7, 11) is 0. The summed E-state index contributed by atoms with van der Waals surface area (Å²) < 4.78 is 3.92. The molecule has 1 aromatic carbocycles. The lowest BCUT2D eigenvalue weighted by atomic mass is 10.0. The van der Waals surface area contributed by atoms with E-state index in [1.54, 1.807) is 15.7 Å². The largest absolute Gasteiger partial charge is 0.353 e. The van der Waals surface area contributed by atoms with E-state index in [9.17, 15) is 4.79 Å². The van der Waals surface area contributed by atoms with Gasteiger partial charge in [0.2, 0.25) is 5.95 Å². The summed E-state index contributed by atoms with van der Waals surface area (Å²) in [6, 6.07) is 8.66. The fraction of sp³-hybridized carbons (Fsp3) is 0.385. The van der Waals surface area contributed by atoms with Gasteiger partial charge in [0, 0.05) is 53.9 Å². The lowest BCUT2D eigenvalue weighted by molar-refractivity contribution is 0.220. The summed E-state index contributed by atoms with van der Waals surface area (Å²) in [6.45, 7) is 7.58. The third-order valence-electron chi connectivity index (χ3n) is 7.01. The first-order chi connectivity index (χ1) is 17.5. The first kappa shape index (κ1) is 23.3. The fourth-order valence-electron chi connectivity index (χ4n) is 5.05. The third-order valence-corrected chi connectivity index (χ3v) is 8.59. The standard InChI is InChI=1S/C26H29N7OS2/c1-17-21(24(34)32-13-14-35-26(32)27-17)9-12-31-10-7-19(8-11-31)29-25-30-22-5-3-4-6-23(22)33(25)15-20-16-36-18(2)28-20/h3-6,13-14,16,19H,7-12,15H2,1-2H3,(H,29,30). The first-order valence-electron chi connectivity index (χ1n) is 12.4. The van der Waals surface area contributed by atoms with Crippen LogP contribution in [0.4, 0.5) is 5.95 Å². The molecule has 0 aliphatic carbocycles. The van der Waals surface area contributed by atoms with E-state index in [4.69, 9.17) is 4.98 Å². The van der Waals surface area contributed by atoms with Gasteiger partial charge < -0.3 is 14.8 Å². The molecule has 10 heteroatoms. The number of imidazole rings is 1. The molecule has 1 N–H and O–H groups in total. The van der Waals surface area contributed by atoms with Crippen LogP contribution in [0.15, 0.2) is 46.0 Å². The highest BCUT2D eigenvalue weighted by Gasteiger charge is 2.22. The second kappa shape index (κ2) is 9.76. The van der Waals surface area contributed by atoms with Gasteiger partial charge in [0.25, 0.3) is 5.56 Å². The zero-order valence-corrected chi connectivity index (χ0v) is 22.1. The topological polar surface area (TPSA) is 80.4 Å². The number of aryl methyl sites for hydroxylation is 2. The SMILES string of the molecule is Cc1nc(Cn2c(NC3CCN(CCc4c(C)nc5sccn5c4=O)CC3)nc3ccccc32)cs1. The Kier molecular flexibility index (Phi) is 6.32. The molecule has 1 fully saturated rings. The van der Waals surface area contributed by atoms with Gasteiger partial charge in [-0.3, -0.25) is 9.20 Å². The molecule has 1 aliphatic rings. The summed E-state index contributed by atoms with van der Waals surface area (Å²) in [5.41, 5.74) is 4.96. The molecular weight excluding hydrogens is 490 g/mol. The van der Waals surface area contributed by atoms with Crippen LogP contribution in [0.5, 0.6) is 0 Å². The number of anilines is 1. The van der Waals surface area contributed by atoms with Crippen molar-refractivity contribution >= 4 is 44.6 Å². The maximum atomic E-state index is 12.9. The normalized spacial score (nSPS) is 15.3. The molecule has 36 heavy (non-hydrogen) atoms. The van der Waals surface area contributed by atoms with E-state index in [1.165, 1.54) is 11.3 Å². The molecule has 6 rings (SSSR count). The van der Waals surface area contributed by atoms with E-state index in [2.05, 4.69) is 48.3 Å². The molecule has 0 saturated carbocycles. The third kappa shape index (κ3) is 4.56. The molecule has 0 atom stereocenters. The Labute approximate surface area is 217 Å². The van der Waals surface area contributed by atoms with Crippen molar-refractivity contribution in [3.05, 3.63) is 73.5 Å². The molecule has 186 valence electrons. The van der Waals surface area contributed by atoms with E-state index in [1.807, 2.05) is 31.5 Å². The van der Waals surface area contributed by atoms with Crippen LogP contribution in [0.3, 0.4) is 0 Å². The van der Waals surface area contributed by atoms with Crippen LogP contribution in [-0.2, 0) is 13.0 Å². The smallest absolute Gasteiger partial charge is 0.261 e. The zero-order valence-electron chi connectivity index (χ0n) is 20.5. The number of thiazole rings is 2. The Bertz CT molecular complexity index is 1570. The summed E-state index contributed by atoms with van der Waals surface area (Å²) >= 11 is 3.18. The van der Waals surface area contributed by atoms with Crippen LogP contribution >= 0.6 is 22.7 Å². The molecular formula is C26H29N7OS2. The van der Waals surface area contributed by atoms with Crippen LogP contribution in [0.25, 0.3) is 16.0 Å². The monoisotopic (exact) mass is 519 g/mol. The fourth-order valence-corrected chi connectivity index (χ4v) is 6.40. The predicted octanol–water partition coefficient (Wildman–Crippen LogP) is 4.35. The Morgan fingerprint density at radius 1 is 1.08 bits per heavy atom. The van der Waals surface area contributed by atoms with Crippen molar-refractivity contribution in [2.75, 3.05) is 25.0 Å². The van der Waals surface area contributed by atoms with Gasteiger partial charge in [-0.05, 0) is 45.2 Å². The second-order valence-electron chi connectivity index (χ2n) is 9.41. The van der Waals surface area contributed by atoms with E-state index in [-0.39, 0.29) is 5.56 Å². The van der Waals surface area contributed by atoms with Crippen molar-refractivity contribution in [3.8, 4) is 0 Å². The number of hydrogen-bond acceptors (Lipinski definition) is 8. The minimum atomic E-state index is 0.0736. The molecule has 0 bridgehead atoms. The van der Waals surface area contributed by atoms with Crippen molar-refractivity contribution in [3.63, 3.8) is 0 Å². The minimum Gasteiger partial charge on any atom is -0.353 e. The summed E-state index contributed by atoms with van der Waals surface area (Å²) in [6.07, 6.45) is 4.63. The molecule has 5 aromatic rings. The highest BCUT2D eigenvalue weighted by atomic mass is 32.1. The number of nitrogens with one attached hydrogen (secondary N) is 1. The summed E-state index contributed by atoms with van der Waals surface area (Å²) in [5, 5.41) is 8.86. The van der Waals surface area contributed by atoms with Crippen molar-refractivity contribution in [1.29, 1.82) is 0 Å². The molecule has 1 saturated heterocycles. The van der Waals surface area contributed by atoms with E-state index < -0.39 is 0 Å². The molecule has 0 unspecified atom stereocenters. The molecule has 0 spiro atoms. The molecule has 0 radical (unpaired) electrons. The van der Waals surface area contributed by atoms with Gasteiger partial charge in [-0.2, -0.15) is 0 Å². The van der Waals surface area contributed by atoms with Gasteiger partial charge in [-0.1, -0.05) is 12.1 Å². The highest BCUT2D eigenvalue weighted by Crippen LogP contribution is 2.24. The number of aromatic nitrogens is 5. The van der Waals surface area contributed by atoms with Crippen molar-refractivity contribution in [1.82, 2.24) is 28.8 Å². The molecule has 5 heterocycles. The van der Waals surface area contributed by atoms with Gasteiger partial charge in [-0.25, -0.2) is 15.0 Å². The van der Waals surface area contributed by atoms with Crippen LogP contribution in [0, 0.1) is 13.8 Å². The number of benzene rings is 1. The van der Waals surface area contributed by atoms with Gasteiger partial charge in [0.15, 0.2) is 4.96 Å². The van der Waals surface area contributed by atoms with Crippen molar-refractivity contribution in [2.24, 2.45) is 0 Å². The minimum absolute atomic E-state index is 0.0736. The van der Waals surface area contributed by atoms with Crippen LogP contribution in [0.2, 0.25) is 0 Å². The number of fused-ring (bicyclic) bond motifs is 2. The average Bonchev–Trinajstić information content (AvgIpc) is 3.60. The van der Waals surface area contributed by atoms with Crippen molar-refractivity contribution < 1.29 is 0 Å². The number of piperidine rings is 1. The number of hydrogen-bond donors (Lipinski definition) is 1. The van der Waals surface area contributed by atoms with Crippen LogP contribution in [0.1, 0.15) is 34.8 Å². The zero-order chi connectivity index (χ0) is 24.6. The maximum absolute atomic E-state index is 12.9. The van der Waals surface area contributed by atoms with Crippen molar-refractivity contribution in [2.45, 2.75) is 45.7 Å². The molecule has 1 aliphatic heterocycles. The Hall–Kier alpha value is -3.08. The average molecular weight is 520 g/mol. The van der Waals surface area contributed by atoms with E-state index in [0.717, 1.165) is 82.8 Å². The number of likely N-dealkylation sites (tertiary alicyclic amines) is 1. The molecule has 8 nitrogen and oxygen atoms in total. The number of nitrogens with zero attached hydrogens (tertiary/aromatic N) is 6. The molecule has 4 aromatic heterocycles. The van der Waals surface area contributed by atoms with Crippen LogP contribution < -0.4 is 10.9 Å². The van der Waals surface area contributed by atoms with E-state index >= 15 is 0 Å². The van der Waals surface area contributed by atoms with Gasteiger partial charge >= 0.3 is 0 Å². The number of rotatable bonds is 7. The first-order valence-corrected chi connectivity index (χ1v) is 14.1. The maximum Gasteiger partial charge on any atom is 0.261 e. The predicted molar refractivity (Wildman–Crippen MR) is 147 cm³/mol. The number of para-hydroxylation sites is 2. The van der Waals surface area contributed by atoms with Crippen LogP contribution in [-0.4, -0.2) is 54.5 Å². The Morgan fingerprint density at radius 2 is 1.92 bits per heavy atom. The summed E-state index contributed by atoms with van der Waals surface area (Å²) in [5.74, 6) is 0.916.